The van der Waals surface area contributed by atoms with E-state index in [0.717, 1.165) is 6.42 Å². The molecule has 0 fully saturated rings. The van der Waals surface area contributed by atoms with Crippen LogP contribution in [0.25, 0.3) is 0 Å². The number of ether oxygens (including phenoxy) is 1. The molecular formula is C14H17NO3S. The molecule has 1 N–H and O–H groups in total. The smallest absolute Gasteiger partial charge is 0.240 e. The van der Waals surface area contributed by atoms with E-state index in [9.17, 15) is 8.42 Å². The zero-order valence-electron chi connectivity index (χ0n) is 11.0. The van der Waals surface area contributed by atoms with Crippen molar-refractivity contribution in [1.29, 1.82) is 0 Å². The summed E-state index contributed by atoms with van der Waals surface area (Å²) >= 11 is 0. The number of sulfonamides is 1. The maximum atomic E-state index is 11.6. The molecule has 0 aromatic heterocycles. The predicted octanol–water partition coefficient (Wildman–Crippen LogP) is 2.25. The molecule has 1 atom stereocenters. The zero-order valence-corrected chi connectivity index (χ0v) is 11.8. The normalized spacial score (nSPS) is 19.1. The highest BCUT2D eigenvalue weighted by Gasteiger charge is 2.12. The highest BCUT2D eigenvalue weighted by atomic mass is 32.2. The first-order valence-electron chi connectivity index (χ1n) is 6.06. The van der Waals surface area contributed by atoms with Crippen LogP contribution in [0.15, 0.2) is 53.0 Å². The fourth-order valence-corrected chi connectivity index (χ4v) is 2.52. The Labute approximate surface area is 113 Å². The summed E-state index contributed by atoms with van der Waals surface area (Å²) in [5.74, 6) is 0.664. The van der Waals surface area contributed by atoms with Gasteiger partial charge >= 0.3 is 0 Å². The molecule has 1 aromatic rings. The number of benzene rings is 1. The lowest BCUT2D eigenvalue weighted by molar-refractivity contribution is 0.251. The van der Waals surface area contributed by atoms with Gasteiger partial charge in [0.05, 0.1) is 4.90 Å². The summed E-state index contributed by atoms with van der Waals surface area (Å²) in [5, 5.41) is 0. The van der Waals surface area contributed by atoms with Gasteiger partial charge in [0.25, 0.3) is 0 Å². The first-order valence-corrected chi connectivity index (χ1v) is 7.55. The molecule has 0 bridgehead atoms. The molecule has 0 heterocycles. The van der Waals surface area contributed by atoms with Crippen molar-refractivity contribution in [2.75, 3.05) is 7.05 Å². The second-order valence-corrected chi connectivity index (χ2v) is 6.26. The highest BCUT2D eigenvalue weighted by molar-refractivity contribution is 7.89. The van der Waals surface area contributed by atoms with Crippen molar-refractivity contribution in [3.05, 3.63) is 48.1 Å². The Morgan fingerprint density at radius 2 is 1.95 bits per heavy atom. The van der Waals surface area contributed by atoms with Crippen LogP contribution in [0.5, 0.6) is 5.75 Å². The highest BCUT2D eigenvalue weighted by Crippen LogP contribution is 2.20. The molecule has 102 valence electrons. The molecule has 1 aliphatic rings. The van der Waals surface area contributed by atoms with Crippen LogP contribution in [0.1, 0.15) is 13.3 Å². The molecule has 1 unspecified atom stereocenters. The Bertz CT molecular complexity index is 600. The molecule has 19 heavy (non-hydrogen) atoms. The van der Waals surface area contributed by atoms with Gasteiger partial charge in [0.15, 0.2) is 0 Å². The van der Waals surface area contributed by atoms with Gasteiger partial charge in [-0.1, -0.05) is 17.7 Å². The summed E-state index contributed by atoms with van der Waals surface area (Å²) in [7, 11) is -1.99. The monoisotopic (exact) mass is 279 g/mol. The molecule has 0 radical (unpaired) electrons. The fraction of sp³-hybridized carbons (Fsp3) is 0.286. The minimum Gasteiger partial charge on any atom is -0.486 e. The topological polar surface area (TPSA) is 55.4 Å². The number of nitrogens with one attached hydrogen (secondary N) is 1. The molecule has 0 saturated carbocycles. The number of rotatable bonds is 4. The summed E-state index contributed by atoms with van der Waals surface area (Å²) in [6.45, 7) is 2.05. The van der Waals surface area contributed by atoms with Gasteiger partial charge < -0.3 is 4.74 Å². The molecule has 5 heteroatoms. The van der Waals surface area contributed by atoms with Crippen LogP contribution in [-0.2, 0) is 10.0 Å². The Morgan fingerprint density at radius 1 is 1.26 bits per heavy atom. The van der Waals surface area contributed by atoms with Gasteiger partial charge in [-0.25, -0.2) is 13.1 Å². The molecule has 1 aromatic carbocycles. The lowest BCUT2D eigenvalue weighted by atomic mass is 10.1. The molecule has 0 spiro atoms. The third-order valence-electron chi connectivity index (χ3n) is 2.94. The minimum absolute atomic E-state index is 0.00968. The lowest BCUT2D eigenvalue weighted by Crippen LogP contribution is -2.18. The summed E-state index contributed by atoms with van der Waals surface area (Å²) in [5.41, 5.74) is 1.23. The van der Waals surface area contributed by atoms with Crippen molar-refractivity contribution in [3.8, 4) is 5.75 Å². The quantitative estimate of drug-likeness (QED) is 0.919. The van der Waals surface area contributed by atoms with E-state index in [4.69, 9.17) is 4.74 Å². The van der Waals surface area contributed by atoms with E-state index in [1.807, 2.05) is 19.1 Å². The van der Waals surface area contributed by atoms with E-state index in [1.54, 1.807) is 12.1 Å². The lowest BCUT2D eigenvalue weighted by Gasteiger charge is -2.17. The molecule has 4 nitrogen and oxygen atoms in total. The third-order valence-corrected chi connectivity index (χ3v) is 4.37. The molecule has 2 rings (SSSR count). The van der Waals surface area contributed by atoms with Crippen LogP contribution < -0.4 is 9.46 Å². The van der Waals surface area contributed by atoms with E-state index in [-0.39, 0.29) is 11.0 Å². The van der Waals surface area contributed by atoms with E-state index in [1.165, 1.54) is 24.8 Å². The minimum atomic E-state index is -3.38. The van der Waals surface area contributed by atoms with E-state index < -0.39 is 10.0 Å². The summed E-state index contributed by atoms with van der Waals surface area (Å²) in [4.78, 5) is 0.234. The second-order valence-electron chi connectivity index (χ2n) is 4.38. The van der Waals surface area contributed by atoms with Gasteiger partial charge in [0, 0.05) is 6.42 Å². The van der Waals surface area contributed by atoms with Gasteiger partial charge in [-0.15, -0.1) is 0 Å². The van der Waals surface area contributed by atoms with Crippen LogP contribution in [0.3, 0.4) is 0 Å². The van der Waals surface area contributed by atoms with Crippen LogP contribution in [0, 0.1) is 0 Å². The fourth-order valence-electron chi connectivity index (χ4n) is 1.79. The number of hydrogen-bond donors (Lipinski definition) is 1. The van der Waals surface area contributed by atoms with E-state index >= 15 is 0 Å². The first kappa shape index (κ1) is 13.8. The average Bonchev–Trinajstić information content (AvgIpc) is 2.42. The largest absolute Gasteiger partial charge is 0.486 e. The molecule has 0 aliphatic heterocycles. The van der Waals surface area contributed by atoms with Crippen LogP contribution in [0.4, 0.5) is 0 Å². The Hall–Kier alpha value is -1.59. The van der Waals surface area contributed by atoms with Crippen LogP contribution in [0.2, 0.25) is 0 Å². The number of hydrogen-bond acceptors (Lipinski definition) is 3. The zero-order chi connectivity index (χ0) is 13.9. The molecule has 0 saturated heterocycles. The first-order chi connectivity index (χ1) is 9.01. The van der Waals surface area contributed by atoms with Gasteiger partial charge in [-0.05, 0) is 44.3 Å². The number of allylic oxidation sites excluding steroid dienone is 2. The maximum Gasteiger partial charge on any atom is 0.240 e. The standard InChI is InChI=1S/C14H17NO3S/c1-11-3-5-12(6-4-11)18-13-7-9-14(10-8-13)19(16,17)15-2/h3-5,7-10,12,15H,6H2,1-2H3. The van der Waals surface area contributed by atoms with Gasteiger partial charge in [-0.3, -0.25) is 0 Å². The van der Waals surface area contributed by atoms with Crippen molar-refractivity contribution in [2.24, 2.45) is 0 Å². The van der Waals surface area contributed by atoms with Crippen LogP contribution in [-0.4, -0.2) is 21.6 Å². The average molecular weight is 279 g/mol. The van der Waals surface area contributed by atoms with E-state index in [2.05, 4.69) is 10.8 Å². The molecule has 1 aliphatic carbocycles. The SMILES string of the molecule is CNS(=O)(=O)c1ccc(OC2C=CC(C)=CC2)cc1. The van der Waals surface area contributed by atoms with Crippen molar-refractivity contribution in [1.82, 2.24) is 4.72 Å². The van der Waals surface area contributed by atoms with Gasteiger partial charge in [-0.2, -0.15) is 0 Å². The van der Waals surface area contributed by atoms with E-state index in [0.29, 0.717) is 5.75 Å². The second kappa shape index (κ2) is 5.59. The third kappa shape index (κ3) is 3.45. The predicted molar refractivity (Wildman–Crippen MR) is 74.6 cm³/mol. The summed E-state index contributed by atoms with van der Waals surface area (Å²) in [6.07, 6.45) is 6.99. The Morgan fingerprint density at radius 3 is 2.47 bits per heavy atom. The molecular weight excluding hydrogens is 262 g/mol. The Kier molecular flexibility index (Phi) is 4.07. The van der Waals surface area contributed by atoms with Crippen LogP contribution >= 0.6 is 0 Å². The molecule has 0 amide bonds. The maximum absolute atomic E-state index is 11.6. The van der Waals surface area contributed by atoms with Crippen molar-refractivity contribution in [2.45, 2.75) is 24.3 Å². The van der Waals surface area contributed by atoms with Gasteiger partial charge in [0.2, 0.25) is 10.0 Å². The van der Waals surface area contributed by atoms with Gasteiger partial charge in [0.1, 0.15) is 11.9 Å². The Balaban J connectivity index is 2.06. The van der Waals surface area contributed by atoms with Crippen molar-refractivity contribution in [3.63, 3.8) is 0 Å². The van der Waals surface area contributed by atoms with Crippen molar-refractivity contribution < 1.29 is 13.2 Å². The summed E-state index contributed by atoms with van der Waals surface area (Å²) < 4.78 is 31.2. The summed E-state index contributed by atoms with van der Waals surface area (Å²) in [6, 6.07) is 6.41. The van der Waals surface area contributed by atoms with Crippen molar-refractivity contribution >= 4 is 10.0 Å².